The van der Waals surface area contributed by atoms with Crippen LogP contribution in [0.3, 0.4) is 0 Å². The standard InChI is InChI=1S/C16H19N3O/c1-4-15-13(7-11(1)8-17-14-2-3-14)9-18-16(19-15)12-5-6-20-10-12/h5-6,9-11,14,17H,1-4,7-8H2. The van der Waals surface area contributed by atoms with Gasteiger partial charge >= 0.3 is 0 Å². The van der Waals surface area contributed by atoms with E-state index in [0.29, 0.717) is 0 Å². The molecule has 20 heavy (non-hydrogen) atoms. The molecule has 2 heterocycles. The molecule has 2 aliphatic carbocycles. The molecule has 2 aromatic rings. The third-order valence-corrected chi connectivity index (χ3v) is 4.30. The van der Waals surface area contributed by atoms with E-state index in [1.54, 1.807) is 12.5 Å². The Bertz CT molecular complexity index is 590. The van der Waals surface area contributed by atoms with Gasteiger partial charge in [0.25, 0.3) is 0 Å². The number of hydrogen-bond donors (Lipinski definition) is 1. The van der Waals surface area contributed by atoms with E-state index >= 15 is 0 Å². The van der Waals surface area contributed by atoms with Crippen molar-refractivity contribution < 1.29 is 4.42 Å². The fourth-order valence-electron chi connectivity index (χ4n) is 2.91. The summed E-state index contributed by atoms with van der Waals surface area (Å²) in [5.41, 5.74) is 3.51. The molecule has 0 spiro atoms. The molecule has 0 aromatic carbocycles. The third-order valence-electron chi connectivity index (χ3n) is 4.30. The van der Waals surface area contributed by atoms with Gasteiger partial charge in [-0.05, 0) is 56.2 Å². The summed E-state index contributed by atoms with van der Waals surface area (Å²) in [4.78, 5) is 9.19. The van der Waals surface area contributed by atoms with Crippen LogP contribution >= 0.6 is 0 Å². The summed E-state index contributed by atoms with van der Waals surface area (Å²) in [6, 6.07) is 2.71. The molecule has 104 valence electrons. The largest absolute Gasteiger partial charge is 0.472 e. The molecule has 2 aliphatic rings. The Kier molecular flexibility index (Phi) is 3.03. The van der Waals surface area contributed by atoms with Gasteiger partial charge < -0.3 is 9.73 Å². The minimum Gasteiger partial charge on any atom is -0.472 e. The summed E-state index contributed by atoms with van der Waals surface area (Å²) in [6.45, 7) is 1.15. The van der Waals surface area contributed by atoms with Crippen molar-refractivity contribution in [3.8, 4) is 11.4 Å². The first-order valence-electron chi connectivity index (χ1n) is 7.49. The predicted octanol–water partition coefficient (Wildman–Crippen LogP) is 2.59. The first-order chi connectivity index (χ1) is 9.88. The number of rotatable bonds is 4. The highest BCUT2D eigenvalue weighted by Crippen LogP contribution is 2.27. The Hall–Kier alpha value is -1.68. The number of fused-ring (bicyclic) bond motifs is 1. The summed E-state index contributed by atoms with van der Waals surface area (Å²) >= 11 is 0. The Balaban J connectivity index is 1.48. The van der Waals surface area contributed by atoms with Crippen LogP contribution in [0.1, 0.15) is 30.5 Å². The highest BCUT2D eigenvalue weighted by Gasteiger charge is 2.25. The molecule has 2 aromatic heterocycles. The van der Waals surface area contributed by atoms with Crippen LogP contribution in [0.25, 0.3) is 11.4 Å². The maximum Gasteiger partial charge on any atom is 0.162 e. The number of nitrogens with zero attached hydrogens (tertiary/aromatic N) is 2. The van der Waals surface area contributed by atoms with Crippen molar-refractivity contribution in [1.29, 1.82) is 0 Å². The van der Waals surface area contributed by atoms with Crippen LogP contribution in [0.4, 0.5) is 0 Å². The fraction of sp³-hybridized carbons (Fsp3) is 0.500. The van der Waals surface area contributed by atoms with Gasteiger partial charge in [0.1, 0.15) is 6.26 Å². The highest BCUT2D eigenvalue weighted by molar-refractivity contribution is 5.52. The molecule has 1 atom stereocenters. The lowest BCUT2D eigenvalue weighted by Crippen LogP contribution is -2.29. The van der Waals surface area contributed by atoms with Gasteiger partial charge in [0.05, 0.1) is 11.8 Å². The van der Waals surface area contributed by atoms with Gasteiger partial charge in [-0.3, -0.25) is 0 Å². The van der Waals surface area contributed by atoms with Gasteiger partial charge in [-0.2, -0.15) is 0 Å². The zero-order valence-electron chi connectivity index (χ0n) is 11.5. The van der Waals surface area contributed by atoms with Crippen molar-refractivity contribution in [2.75, 3.05) is 6.54 Å². The molecule has 0 saturated heterocycles. The highest BCUT2D eigenvalue weighted by atomic mass is 16.3. The monoisotopic (exact) mass is 269 g/mol. The third kappa shape index (κ3) is 2.48. The zero-order chi connectivity index (χ0) is 13.4. The number of aryl methyl sites for hydroxylation is 1. The van der Waals surface area contributed by atoms with Crippen LogP contribution < -0.4 is 5.32 Å². The van der Waals surface area contributed by atoms with Crippen molar-refractivity contribution in [2.45, 2.75) is 38.1 Å². The summed E-state index contributed by atoms with van der Waals surface area (Å²) in [7, 11) is 0. The predicted molar refractivity (Wildman–Crippen MR) is 76.3 cm³/mol. The van der Waals surface area contributed by atoms with Gasteiger partial charge in [-0.15, -0.1) is 0 Å². The van der Waals surface area contributed by atoms with E-state index in [0.717, 1.165) is 42.7 Å². The van der Waals surface area contributed by atoms with Crippen LogP contribution in [0.5, 0.6) is 0 Å². The molecular formula is C16H19N3O. The Morgan fingerprint density at radius 1 is 1.30 bits per heavy atom. The molecular weight excluding hydrogens is 250 g/mol. The lowest BCUT2D eigenvalue weighted by molar-refractivity contribution is 0.418. The minimum atomic E-state index is 0.742. The van der Waals surface area contributed by atoms with Crippen molar-refractivity contribution in [1.82, 2.24) is 15.3 Å². The number of hydrogen-bond acceptors (Lipinski definition) is 4. The topological polar surface area (TPSA) is 51.0 Å². The normalized spacial score (nSPS) is 21.7. The van der Waals surface area contributed by atoms with Crippen molar-refractivity contribution in [3.63, 3.8) is 0 Å². The van der Waals surface area contributed by atoms with E-state index in [4.69, 9.17) is 9.40 Å². The van der Waals surface area contributed by atoms with Crippen molar-refractivity contribution in [3.05, 3.63) is 36.0 Å². The van der Waals surface area contributed by atoms with Crippen LogP contribution in [0, 0.1) is 5.92 Å². The molecule has 4 nitrogen and oxygen atoms in total. The maximum atomic E-state index is 5.10. The van der Waals surface area contributed by atoms with Gasteiger partial charge in [0.2, 0.25) is 0 Å². The van der Waals surface area contributed by atoms with E-state index in [-0.39, 0.29) is 0 Å². The smallest absolute Gasteiger partial charge is 0.162 e. The van der Waals surface area contributed by atoms with E-state index in [1.807, 2.05) is 12.3 Å². The van der Waals surface area contributed by atoms with Crippen LogP contribution in [-0.4, -0.2) is 22.6 Å². The molecule has 0 aliphatic heterocycles. The van der Waals surface area contributed by atoms with Gasteiger partial charge in [0, 0.05) is 17.9 Å². The van der Waals surface area contributed by atoms with Crippen LogP contribution in [0.15, 0.2) is 29.2 Å². The summed E-state index contributed by atoms with van der Waals surface area (Å²) in [6.07, 6.45) is 11.5. The van der Waals surface area contributed by atoms with Crippen molar-refractivity contribution >= 4 is 0 Å². The number of nitrogens with one attached hydrogen (secondary N) is 1. The molecule has 1 fully saturated rings. The second kappa shape index (κ2) is 5.02. The zero-order valence-corrected chi connectivity index (χ0v) is 11.5. The fourth-order valence-corrected chi connectivity index (χ4v) is 2.91. The molecule has 1 N–H and O–H groups in total. The van der Waals surface area contributed by atoms with Gasteiger partial charge in [0.15, 0.2) is 5.82 Å². The lowest BCUT2D eigenvalue weighted by Gasteiger charge is -2.24. The first-order valence-corrected chi connectivity index (χ1v) is 7.49. The Morgan fingerprint density at radius 3 is 3.05 bits per heavy atom. The van der Waals surface area contributed by atoms with E-state index in [9.17, 15) is 0 Å². The second-order valence-corrected chi connectivity index (χ2v) is 5.97. The first kappa shape index (κ1) is 12.1. The molecule has 0 radical (unpaired) electrons. The van der Waals surface area contributed by atoms with Crippen molar-refractivity contribution in [2.24, 2.45) is 5.92 Å². The van der Waals surface area contributed by atoms with Crippen LogP contribution in [0.2, 0.25) is 0 Å². The number of furan rings is 1. The molecule has 1 unspecified atom stereocenters. The summed E-state index contributed by atoms with van der Waals surface area (Å²) < 4.78 is 5.10. The molecule has 4 heteroatoms. The number of aromatic nitrogens is 2. The van der Waals surface area contributed by atoms with E-state index in [1.165, 1.54) is 30.5 Å². The minimum absolute atomic E-state index is 0.742. The maximum absolute atomic E-state index is 5.10. The average Bonchev–Trinajstić information content (AvgIpc) is 3.16. The van der Waals surface area contributed by atoms with Crippen LogP contribution in [-0.2, 0) is 12.8 Å². The Labute approximate surface area is 118 Å². The van der Waals surface area contributed by atoms with Gasteiger partial charge in [-0.25, -0.2) is 9.97 Å². The Morgan fingerprint density at radius 2 is 2.25 bits per heavy atom. The quantitative estimate of drug-likeness (QED) is 0.927. The molecule has 1 saturated carbocycles. The lowest BCUT2D eigenvalue weighted by atomic mass is 9.87. The summed E-state index contributed by atoms with van der Waals surface area (Å²) in [5.74, 6) is 1.53. The molecule has 4 rings (SSSR count). The van der Waals surface area contributed by atoms with E-state index in [2.05, 4.69) is 10.3 Å². The van der Waals surface area contributed by atoms with E-state index < -0.39 is 0 Å². The second-order valence-electron chi connectivity index (χ2n) is 5.97. The average molecular weight is 269 g/mol. The molecule has 0 bridgehead atoms. The molecule has 0 amide bonds. The summed E-state index contributed by atoms with van der Waals surface area (Å²) in [5, 5.41) is 3.64. The SMILES string of the molecule is c1cc(-c2ncc3c(n2)CCC(CNC2CC2)C3)co1. The van der Waals surface area contributed by atoms with Gasteiger partial charge in [-0.1, -0.05) is 0 Å².